The van der Waals surface area contributed by atoms with Gasteiger partial charge in [-0.05, 0) is 60.7 Å². The first-order valence-corrected chi connectivity index (χ1v) is 8.08. The molecule has 4 heteroatoms. The van der Waals surface area contributed by atoms with Crippen LogP contribution in [-0.2, 0) is 16.1 Å². The zero-order valence-corrected chi connectivity index (χ0v) is 14.3. The Labute approximate surface area is 142 Å². The van der Waals surface area contributed by atoms with E-state index in [2.05, 4.69) is 0 Å². The van der Waals surface area contributed by atoms with E-state index < -0.39 is 0 Å². The van der Waals surface area contributed by atoms with E-state index in [1.165, 1.54) is 12.1 Å². The number of aliphatic hydroxyl groups excluding tert-OH is 1. The Morgan fingerprint density at radius 2 is 1.92 bits per heavy atom. The quantitative estimate of drug-likeness (QED) is 0.814. The molecule has 0 saturated carbocycles. The molecular formula is C20H23FO3. The maximum Gasteiger partial charge on any atom is 0.306 e. The monoisotopic (exact) mass is 330 g/mol. The van der Waals surface area contributed by atoms with Gasteiger partial charge < -0.3 is 9.84 Å². The van der Waals surface area contributed by atoms with Crippen LogP contribution in [0.25, 0.3) is 0 Å². The molecule has 24 heavy (non-hydrogen) atoms. The Hall–Kier alpha value is -2.20. The molecule has 0 aromatic heterocycles. The van der Waals surface area contributed by atoms with E-state index in [0.717, 1.165) is 27.8 Å². The molecular weight excluding hydrogens is 307 g/mol. The van der Waals surface area contributed by atoms with Gasteiger partial charge in [0.25, 0.3) is 0 Å². The standard InChI is InChI=1S/C20H23FO3/c1-4-24-20(23)11-19(18-8-7-17(21)9-14(18)3)15-6-5-13(2)16(10-15)12-22/h5-10,19,22H,4,11-12H2,1-3H3. The fourth-order valence-corrected chi connectivity index (χ4v) is 2.90. The molecule has 0 aliphatic heterocycles. The van der Waals surface area contributed by atoms with Crippen molar-refractivity contribution < 1.29 is 19.0 Å². The van der Waals surface area contributed by atoms with E-state index in [-0.39, 0.29) is 30.7 Å². The molecule has 0 heterocycles. The SMILES string of the molecule is CCOC(=O)CC(c1ccc(C)c(CO)c1)c1ccc(F)cc1C. The van der Waals surface area contributed by atoms with Crippen molar-refractivity contribution in [3.8, 4) is 0 Å². The van der Waals surface area contributed by atoms with Gasteiger partial charge >= 0.3 is 5.97 Å². The van der Waals surface area contributed by atoms with Crippen molar-refractivity contribution in [1.29, 1.82) is 0 Å². The van der Waals surface area contributed by atoms with Crippen LogP contribution in [0.15, 0.2) is 36.4 Å². The van der Waals surface area contributed by atoms with Gasteiger partial charge in [-0.3, -0.25) is 4.79 Å². The van der Waals surface area contributed by atoms with E-state index in [1.807, 2.05) is 32.0 Å². The minimum Gasteiger partial charge on any atom is -0.466 e. The summed E-state index contributed by atoms with van der Waals surface area (Å²) < 4.78 is 18.5. The van der Waals surface area contributed by atoms with Gasteiger partial charge in [0, 0.05) is 5.92 Å². The number of hydrogen-bond acceptors (Lipinski definition) is 3. The topological polar surface area (TPSA) is 46.5 Å². The Morgan fingerprint density at radius 1 is 1.17 bits per heavy atom. The predicted octanol–water partition coefficient (Wildman–Crippen LogP) is 4.02. The summed E-state index contributed by atoms with van der Waals surface area (Å²) in [6, 6.07) is 10.4. The molecule has 0 saturated heterocycles. The lowest BCUT2D eigenvalue weighted by atomic mass is 9.85. The fourth-order valence-electron chi connectivity index (χ4n) is 2.90. The molecule has 3 nitrogen and oxygen atoms in total. The lowest BCUT2D eigenvalue weighted by molar-refractivity contribution is -0.143. The molecule has 0 aliphatic carbocycles. The highest BCUT2D eigenvalue weighted by Crippen LogP contribution is 2.32. The zero-order valence-electron chi connectivity index (χ0n) is 14.3. The molecule has 2 aromatic rings. The molecule has 0 spiro atoms. The van der Waals surface area contributed by atoms with Gasteiger partial charge in [0.1, 0.15) is 5.82 Å². The van der Waals surface area contributed by atoms with Crippen LogP contribution in [0.1, 0.15) is 47.1 Å². The maximum atomic E-state index is 13.4. The Bertz CT molecular complexity index is 725. The average molecular weight is 330 g/mol. The molecule has 2 aromatic carbocycles. The van der Waals surface area contributed by atoms with Crippen LogP contribution >= 0.6 is 0 Å². The second-order valence-corrected chi connectivity index (χ2v) is 5.91. The second kappa shape index (κ2) is 8.06. The molecule has 128 valence electrons. The molecule has 2 rings (SSSR count). The van der Waals surface area contributed by atoms with Crippen LogP contribution in [0.5, 0.6) is 0 Å². The van der Waals surface area contributed by atoms with Crippen LogP contribution in [0.3, 0.4) is 0 Å². The normalized spacial score (nSPS) is 12.0. The van der Waals surface area contributed by atoms with Crippen molar-refractivity contribution in [3.05, 3.63) is 70.0 Å². The molecule has 0 amide bonds. The number of aryl methyl sites for hydroxylation is 2. The van der Waals surface area contributed by atoms with Crippen LogP contribution in [0, 0.1) is 19.7 Å². The van der Waals surface area contributed by atoms with Crippen LogP contribution in [-0.4, -0.2) is 17.7 Å². The first-order chi connectivity index (χ1) is 11.5. The first-order valence-electron chi connectivity index (χ1n) is 8.08. The van der Waals surface area contributed by atoms with Gasteiger partial charge in [-0.15, -0.1) is 0 Å². The maximum absolute atomic E-state index is 13.4. The van der Waals surface area contributed by atoms with Crippen molar-refractivity contribution in [2.75, 3.05) is 6.61 Å². The number of hydrogen-bond donors (Lipinski definition) is 1. The zero-order chi connectivity index (χ0) is 17.7. The Kier molecular flexibility index (Phi) is 6.10. The number of benzene rings is 2. The average Bonchev–Trinajstić information content (AvgIpc) is 2.54. The minimum atomic E-state index is -0.300. The molecule has 0 radical (unpaired) electrons. The van der Waals surface area contributed by atoms with E-state index in [1.54, 1.807) is 13.0 Å². The summed E-state index contributed by atoms with van der Waals surface area (Å²) in [5.74, 6) is -0.834. The smallest absolute Gasteiger partial charge is 0.306 e. The molecule has 1 unspecified atom stereocenters. The first kappa shape index (κ1) is 18.1. The summed E-state index contributed by atoms with van der Waals surface area (Å²) in [7, 11) is 0. The van der Waals surface area contributed by atoms with E-state index in [4.69, 9.17) is 4.74 Å². The van der Waals surface area contributed by atoms with Crippen LogP contribution < -0.4 is 0 Å². The van der Waals surface area contributed by atoms with Gasteiger partial charge in [0.2, 0.25) is 0 Å². The van der Waals surface area contributed by atoms with Gasteiger partial charge in [0.15, 0.2) is 0 Å². The second-order valence-electron chi connectivity index (χ2n) is 5.91. The summed E-state index contributed by atoms with van der Waals surface area (Å²) in [5, 5.41) is 9.51. The van der Waals surface area contributed by atoms with Gasteiger partial charge in [-0.2, -0.15) is 0 Å². The predicted molar refractivity (Wildman–Crippen MR) is 91.3 cm³/mol. The van der Waals surface area contributed by atoms with Gasteiger partial charge in [-0.25, -0.2) is 4.39 Å². The number of esters is 1. The number of carbonyl (C=O) groups is 1. The third-order valence-corrected chi connectivity index (χ3v) is 4.23. The third-order valence-electron chi connectivity index (χ3n) is 4.23. The van der Waals surface area contributed by atoms with Crippen molar-refractivity contribution >= 4 is 5.97 Å². The van der Waals surface area contributed by atoms with E-state index in [0.29, 0.717) is 6.61 Å². The lowest BCUT2D eigenvalue weighted by Gasteiger charge is -2.20. The van der Waals surface area contributed by atoms with Crippen LogP contribution in [0.4, 0.5) is 4.39 Å². The van der Waals surface area contributed by atoms with E-state index in [9.17, 15) is 14.3 Å². The number of carbonyl (C=O) groups excluding carboxylic acids is 1. The van der Waals surface area contributed by atoms with Gasteiger partial charge in [-0.1, -0.05) is 24.3 Å². The minimum absolute atomic E-state index is 0.0613. The van der Waals surface area contributed by atoms with E-state index >= 15 is 0 Å². The van der Waals surface area contributed by atoms with Crippen molar-refractivity contribution in [2.24, 2.45) is 0 Å². The lowest BCUT2D eigenvalue weighted by Crippen LogP contribution is -2.13. The van der Waals surface area contributed by atoms with Crippen LogP contribution in [0.2, 0.25) is 0 Å². The number of ether oxygens (including phenoxy) is 1. The molecule has 1 atom stereocenters. The van der Waals surface area contributed by atoms with Crippen molar-refractivity contribution in [1.82, 2.24) is 0 Å². The number of aliphatic hydroxyl groups is 1. The molecule has 0 aliphatic rings. The number of rotatable bonds is 6. The summed E-state index contributed by atoms with van der Waals surface area (Å²) in [4.78, 5) is 12.1. The Balaban J connectivity index is 2.48. The highest BCUT2D eigenvalue weighted by Gasteiger charge is 2.21. The van der Waals surface area contributed by atoms with Crippen molar-refractivity contribution in [2.45, 2.75) is 39.7 Å². The summed E-state index contributed by atoms with van der Waals surface area (Å²) >= 11 is 0. The van der Waals surface area contributed by atoms with Gasteiger partial charge in [0.05, 0.1) is 19.6 Å². The summed E-state index contributed by atoms with van der Waals surface area (Å²) in [5.41, 5.74) is 4.40. The molecule has 0 fully saturated rings. The third kappa shape index (κ3) is 4.20. The molecule has 1 N–H and O–H groups in total. The largest absolute Gasteiger partial charge is 0.466 e. The fraction of sp³-hybridized carbons (Fsp3) is 0.350. The highest BCUT2D eigenvalue weighted by atomic mass is 19.1. The summed E-state index contributed by atoms with van der Waals surface area (Å²) in [6.45, 7) is 5.79. The summed E-state index contributed by atoms with van der Waals surface area (Å²) in [6.07, 6.45) is 0.175. The molecule has 0 bridgehead atoms. The highest BCUT2D eigenvalue weighted by molar-refractivity contribution is 5.71. The number of halogens is 1. The Morgan fingerprint density at radius 3 is 2.54 bits per heavy atom. The van der Waals surface area contributed by atoms with Crippen molar-refractivity contribution in [3.63, 3.8) is 0 Å².